The lowest BCUT2D eigenvalue weighted by Crippen LogP contribution is -2.27. The first-order valence-corrected chi connectivity index (χ1v) is 13.0. The third-order valence-electron chi connectivity index (χ3n) is 4.59. The zero-order valence-corrected chi connectivity index (χ0v) is 24.8. The number of para-hydroxylation sites is 4. The summed E-state index contributed by atoms with van der Waals surface area (Å²) in [7, 11) is 0. The van der Waals surface area contributed by atoms with Gasteiger partial charge in [-0.05, 0) is 99.9 Å². The average Bonchev–Trinajstić information content (AvgIpc) is 2.81. The van der Waals surface area contributed by atoms with Gasteiger partial charge in [0, 0.05) is 5.56 Å². The summed E-state index contributed by atoms with van der Waals surface area (Å²) in [5, 5.41) is 7.82. The lowest BCUT2D eigenvalue weighted by atomic mass is 10.2. The van der Waals surface area contributed by atoms with Crippen LogP contribution in [-0.4, -0.2) is 29.3 Å². The maximum atomic E-state index is 13.6. The highest BCUT2D eigenvalue weighted by Crippen LogP contribution is 2.24. The Balaban J connectivity index is 0.000000319. The van der Waals surface area contributed by atoms with Gasteiger partial charge in [-0.25, -0.2) is 14.0 Å². The Morgan fingerprint density at radius 2 is 1.18 bits per heavy atom. The number of amides is 3. The molecule has 0 atom stereocenters. The van der Waals surface area contributed by atoms with Crippen molar-refractivity contribution in [2.75, 3.05) is 21.7 Å². The number of anilines is 4. The minimum Gasteiger partial charge on any atom is -0.444 e. The van der Waals surface area contributed by atoms with Crippen molar-refractivity contribution < 1.29 is 28.2 Å². The third-order valence-corrected chi connectivity index (χ3v) is 5.23. The number of hydrogen-bond donors (Lipinski definition) is 4. The van der Waals surface area contributed by atoms with E-state index in [1.165, 1.54) is 12.1 Å². The van der Waals surface area contributed by atoms with Crippen LogP contribution in [0.25, 0.3) is 0 Å². The van der Waals surface area contributed by atoms with E-state index >= 15 is 0 Å². The summed E-state index contributed by atoms with van der Waals surface area (Å²) in [5.41, 5.74) is 6.51. The van der Waals surface area contributed by atoms with Gasteiger partial charge in [0.2, 0.25) is 0 Å². The van der Waals surface area contributed by atoms with Gasteiger partial charge in [-0.1, -0.05) is 24.3 Å². The Labute approximate surface area is 241 Å². The van der Waals surface area contributed by atoms with E-state index < -0.39 is 35.1 Å². The van der Waals surface area contributed by atoms with Crippen molar-refractivity contribution >= 4 is 56.8 Å². The molecule has 5 N–H and O–H groups in total. The molecule has 9 nitrogen and oxygen atoms in total. The largest absolute Gasteiger partial charge is 0.444 e. The van der Waals surface area contributed by atoms with E-state index in [0.717, 1.165) is 6.07 Å². The van der Waals surface area contributed by atoms with Gasteiger partial charge in [0.1, 0.15) is 17.0 Å². The van der Waals surface area contributed by atoms with Crippen molar-refractivity contribution in [2.24, 2.45) is 0 Å². The second-order valence-corrected chi connectivity index (χ2v) is 11.3. The number of nitrogen functional groups attached to an aromatic ring is 1. The van der Waals surface area contributed by atoms with Gasteiger partial charge in [0.25, 0.3) is 5.91 Å². The van der Waals surface area contributed by atoms with Crippen LogP contribution in [0.4, 0.5) is 36.7 Å². The molecule has 0 saturated heterocycles. The zero-order chi connectivity index (χ0) is 30.1. The second kappa shape index (κ2) is 13.8. The average molecular weight is 618 g/mol. The summed E-state index contributed by atoms with van der Waals surface area (Å²) in [6.07, 6.45) is -1.13. The molecule has 0 aliphatic rings. The van der Waals surface area contributed by atoms with E-state index in [4.69, 9.17) is 15.2 Å². The topological polar surface area (TPSA) is 132 Å². The van der Waals surface area contributed by atoms with Crippen LogP contribution in [0.2, 0.25) is 0 Å². The molecule has 3 aromatic carbocycles. The second-order valence-electron chi connectivity index (χ2n) is 10.5. The molecule has 214 valence electrons. The molecule has 0 spiro atoms. The molecule has 40 heavy (non-hydrogen) atoms. The van der Waals surface area contributed by atoms with E-state index in [1.54, 1.807) is 90.1 Å². The van der Waals surface area contributed by atoms with Crippen molar-refractivity contribution in [3.8, 4) is 0 Å². The standard InChI is InChI=1S/C18H18BrFN2O3.C11H16N2O2/c1-18(2,3)25-17(24)22-15-7-5-4-6-14(15)21-16(23)11-8-9-12(19)13(20)10-11;1-11(2,3)15-10(14)13-9-7-5-4-6-8(9)12/h4-10H,1-3H3,(H,21,23)(H,22,24);4-7H,12H2,1-3H3,(H,13,14). The fourth-order valence-corrected chi connectivity index (χ4v) is 3.22. The molecule has 0 aliphatic carbocycles. The number of benzene rings is 3. The van der Waals surface area contributed by atoms with E-state index in [1.807, 2.05) is 0 Å². The highest BCUT2D eigenvalue weighted by molar-refractivity contribution is 9.10. The van der Waals surface area contributed by atoms with E-state index in [-0.39, 0.29) is 10.0 Å². The Morgan fingerprint density at radius 1 is 0.725 bits per heavy atom. The molecule has 3 rings (SSSR count). The van der Waals surface area contributed by atoms with Crippen molar-refractivity contribution in [1.82, 2.24) is 0 Å². The molecule has 11 heteroatoms. The molecule has 0 unspecified atom stereocenters. The fraction of sp³-hybridized carbons (Fsp3) is 0.276. The van der Waals surface area contributed by atoms with Crippen LogP contribution in [-0.2, 0) is 9.47 Å². The number of ether oxygens (including phenoxy) is 2. The zero-order valence-electron chi connectivity index (χ0n) is 23.2. The lowest BCUT2D eigenvalue weighted by molar-refractivity contribution is 0.0624. The highest BCUT2D eigenvalue weighted by Gasteiger charge is 2.18. The monoisotopic (exact) mass is 616 g/mol. The van der Waals surface area contributed by atoms with Crippen LogP contribution >= 0.6 is 15.9 Å². The number of nitrogens with two attached hydrogens (primary N) is 1. The quantitative estimate of drug-likeness (QED) is 0.221. The summed E-state index contributed by atoms with van der Waals surface area (Å²) < 4.78 is 24.1. The van der Waals surface area contributed by atoms with Gasteiger partial charge in [-0.15, -0.1) is 0 Å². The van der Waals surface area contributed by atoms with Crippen LogP contribution in [0.5, 0.6) is 0 Å². The molecule has 0 heterocycles. The normalized spacial score (nSPS) is 10.9. The smallest absolute Gasteiger partial charge is 0.412 e. The Bertz CT molecular complexity index is 1350. The fourth-order valence-electron chi connectivity index (χ4n) is 2.97. The van der Waals surface area contributed by atoms with E-state index in [0.29, 0.717) is 22.7 Å². The molecule has 0 saturated carbocycles. The number of carbonyl (C=O) groups excluding carboxylic acids is 3. The third kappa shape index (κ3) is 11.3. The number of halogens is 2. The van der Waals surface area contributed by atoms with Gasteiger partial charge in [-0.3, -0.25) is 15.4 Å². The summed E-state index contributed by atoms with van der Waals surface area (Å²) in [6.45, 7) is 10.7. The highest BCUT2D eigenvalue weighted by atomic mass is 79.9. The maximum Gasteiger partial charge on any atom is 0.412 e. The SMILES string of the molecule is CC(C)(C)OC(=O)Nc1ccccc1N.CC(C)(C)OC(=O)Nc1ccccc1NC(=O)c1ccc(Br)c(F)c1. The predicted octanol–water partition coefficient (Wildman–Crippen LogP) is 7.80. The summed E-state index contributed by atoms with van der Waals surface area (Å²) in [4.78, 5) is 35.6. The van der Waals surface area contributed by atoms with E-state index in [9.17, 15) is 18.8 Å². The van der Waals surface area contributed by atoms with Gasteiger partial charge in [0.15, 0.2) is 0 Å². The van der Waals surface area contributed by atoms with E-state index in [2.05, 4.69) is 31.9 Å². The van der Waals surface area contributed by atoms with Crippen LogP contribution in [0.3, 0.4) is 0 Å². The summed E-state index contributed by atoms with van der Waals surface area (Å²) in [5.74, 6) is -1.03. The number of carbonyl (C=O) groups is 3. The number of nitrogens with one attached hydrogen (secondary N) is 3. The first kappa shape index (κ1) is 32.1. The molecule has 3 amide bonds. The minimum absolute atomic E-state index is 0.160. The molecular formula is C29H34BrFN4O5. The molecule has 0 aliphatic heterocycles. The van der Waals surface area contributed by atoms with Gasteiger partial charge >= 0.3 is 12.2 Å². The Kier molecular flexibility index (Phi) is 11.1. The molecule has 0 aromatic heterocycles. The van der Waals surface area contributed by atoms with Crippen LogP contribution in [0, 0.1) is 5.82 Å². The van der Waals surface area contributed by atoms with Gasteiger partial charge in [0.05, 0.1) is 27.2 Å². The lowest BCUT2D eigenvalue weighted by Gasteiger charge is -2.20. The first-order chi connectivity index (χ1) is 18.5. The van der Waals surface area contributed by atoms with Crippen molar-refractivity contribution in [3.63, 3.8) is 0 Å². The summed E-state index contributed by atoms with van der Waals surface area (Å²) >= 11 is 3.04. The minimum atomic E-state index is -0.642. The first-order valence-electron chi connectivity index (χ1n) is 12.2. The molecular weight excluding hydrogens is 583 g/mol. The van der Waals surface area contributed by atoms with Crippen molar-refractivity contribution in [2.45, 2.75) is 52.7 Å². The predicted molar refractivity (Wildman–Crippen MR) is 159 cm³/mol. The Hall–Kier alpha value is -4.12. The Morgan fingerprint density at radius 3 is 1.65 bits per heavy atom. The summed E-state index contributed by atoms with van der Waals surface area (Å²) in [6, 6.07) is 17.8. The van der Waals surface area contributed by atoms with Gasteiger partial charge in [-0.2, -0.15) is 0 Å². The van der Waals surface area contributed by atoms with Gasteiger partial charge < -0.3 is 20.5 Å². The van der Waals surface area contributed by atoms with Crippen molar-refractivity contribution in [3.05, 3.63) is 82.6 Å². The molecule has 3 aromatic rings. The van der Waals surface area contributed by atoms with Crippen molar-refractivity contribution in [1.29, 1.82) is 0 Å². The van der Waals surface area contributed by atoms with Crippen LogP contribution in [0.1, 0.15) is 51.9 Å². The molecule has 0 fully saturated rings. The molecule has 0 radical (unpaired) electrons. The number of hydrogen-bond acceptors (Lipinski definition) is 6. The van der Waals surface area contributed by atoms with Crippen LogP contribution < -0.4 is 21.7 Å². The molecule has 0 bridgehead atoms. The number of rotatable bonds is 4. The van der Waals surface area contributed by atoms with Crippen LogP contribution in [0.15, 0.2) is 71.2 Å². The maximum absolute atomic E-state index is 13.6.